The molecule has 0 fully saturated rings. The van der Waals surface area contributed by atoms with Crippen molar-refractivity contribution in [3.63, 3.8) is 0 Å². The van der Waals surface area contributed by atoms with E-state index in [1.165, 1.54) is 11.1 Å². The van der Waals surface area contributed by atoms with Gasteiger partial charge in [-0.2, -0.15) is 0 Å². The Hall–Kier alpha value is -1.96. The van der Waals surface area contributed by atoms with E-state index in [4.69, 9.17) is 23.2 Å². The highest BCUT2D eigenvalue weighted by Crippen LogP contribution is 2.42. The summed E-state index contributed by atoms with van der Waals surface area (Å²) >= 11 is 13.1. The Kier molecular flexibility index (Phi) is 6.37. The van der Waals surface area contributed by atoms with E-state index in [-0.39, 0.29) is 0 Å². The second-order valence-corrected chi connectivity index (χ2v) is 8.69. The molecule has 0 saturated heterocycles. The summed E-state index contributed by atoms with van der Waals surface area (Å²) in [6.45, 7) is 10.8. The van der Waals surface area contributed by atoms with Crippen molar-refractivity contribution in [3.8, 4) is 0 Å². The summed E-state index contributed by atoms with van der Waals surface area (Å²) in [5, 5.41) is 1.13. The quantitative estimate of drug-likeness (QED) is 0.404. The number of aryl methyl sites for hydroxylation is 1. The first kappa shape index (κ1) is 20.8. The maximum Gasteiger partial charge on any atom is 0.0832 e. The summed E-state index contributed by atoms with van der Waals surface area (Å²) in [7, 11) is 0. The third-order valence-corrected chi connectivity index (χ3v) is 5.82. The summed E-state index contributed by atoms with van der Waals surface area (Å²) in [6.07, 6.45) is 0. The number of benzene rings is 3. The topological polar surface area (TPSA) is 3.24 Å². The van der Waals surface area contributed by atoms with Gasteiger partial charge < -0.3 is 4.90 Å². The fraction of sp³-hybridized carbons (Fsp3) is 0.280. The van der Waals surface area contributed by atoms with E-state index in [2.05, 4.69) is 87.2 Å². The molecule has 0 atom stereocenters. The predicted molar refractivity (Wildman–Crippen MR) is 124 cm³/mol. The molecule has 0 amide bonds. The van der Waals surface area contributed by atoms with Crippen LogP contribution in [0.1, 0.15) is 56.2 Å². The van der Waals surface area contributed by atoms with Gasteiger partial charge in [0.2, 0.25) is 0 Å². The van der Waals surface area contributed by atoms with Crippen molar-refractivity contribution < 1.29 is 0 Å². The molecule has 0 N–H and O–H groups in total. The Morgan fingerprint density at radius 2 is 1.11 bits per heavy atom. The Balaban J connectivity index is 2.16. The second kappa shape index (κ2) is 8.59. The van der Waals surface area contributed by atoms with E-state index in [1.54, 1.807) is 0 Å². The maximum absolute atomic E-state index is 6.65. The molecule has 0 aliphatic rings. The largest absolute Gasteiger partial charge is 0.309 e. The number of nitrogens with zero attached hydrogens (tertiary/aromatic N) is 1. The fourth-order valence-electron chi connectivity index (χ4n) is 3.31. The molecule has 0 heterocycles. The lowest BCUT2D eigenvalue weighted by molar-refractivity contribution is 0.866. The first-order valence-corrected chi connectivity index (χ1v) is 10.5. The number of hydrogen-bond donors (Lipinski definition) is 0. The molecule has 146 valence electrons. The Morgan fingerprint density at radius 3 is 1.50 bits per heavy atom. The molecule has 0 bridgehead atoms. The number of anilines is 3. The van der Waals surface area contributed by atoms with Gasteiger partial charge in [0.1, 0.15) is 0 Å². The van der Waals surface area contributed by atoms with Gasteiger partial charge in [0, 0.05) is 11.4 Å². The van der Waals surface area contributed by atoms with Crippen LogP contribution < -0.4 is 4.90 Å². The Bertz CT molecular complexity index is 890. The highest BCUT2D eigenvalue weighted by Gasteiger charge is 2.18. The molecule has 0 radical (unpaired) electrons. The average Bonchev–Trinajstić information content (AvgIpc) is 2.66. The van der Waals surface area contributed by atoms with Gasteiger partial charge in [-0.1, -0.05) is 75.2 Å². The molecular formula is C25H27Cl2N. The van der Waals surface area contributed by atoms with Gasteiger partial charge in [0.25, 0.3) is 0 Å². The first-order chi connectivity index (χ1) is 13.3. The van der Waals surface area contributed by atoms with E-state index >= 15 is 0 Å². The molecule has 0 unspecified atom stereocenters. The third kappa shape index (κ3) is 4.37. The van der Waals surface area contributed by atoms with Gasteiger partial charge in [-0.3, -0.25) is 0 Å². The van der Waals surface area contributed by atoms with Crippen molar-refractivity contribution in [2.45, 2.75) is 46.5 Å². The van der Waals surface area contributed by atoms with Crippen LogP contribution in [0.5, 0.6) is 0 Å². The van der Waals surface area contributed by atoms with E-state index in [0.717, 1.165) is 22.6 Å². The fourth-order valence-corrected chi connectivity index (χ4v) is 3.78. The van der Waals surface area contributed by atoms with Crippen LogP contribution in [0.15, 0.2) is 60.7 Å². The molecule has 1 nitrogen and oxygen atoms in total. The van der Waals surface area contributed by atoms with E-state index in [0.29, 0.717) is 21.9 Å². The van der Waals surface area contributed by atoms with Crippen molar-refractivity contribution in [2.24, 2.45) is 0 Å². The lowest BCUT2D eigenvalue weighted by Gasteiger charge is -2.28. The predicted octanol–water partition coefficient (Wildman–Crippen LogP) is 9.02. The second-order valence-electron chi connectivity index (χ2n) is 7.91. The van der Waals surface area contributed by atoms with Crippen LogP contribution >= 0.6 is 23.2 Å². The summed E-state index contributed by atoms with van der Waals surface area (Å²) in [5.41, 5.74) is 6.71. The van der Waals surface area contributed by atoms with E-state index in [9.17, 15) is 0 Å². The van der Waals surface area contributed by atoms with Gasteiger partial charge in [0.15, 0.2) is 0 Å². The minimum absolute atomic E-state index is 0.491. The first-order valence-electron chi connectivity index (χ1n) is 9.73. The molecule has 0 spiro atoms. The molecule has 0 aliphatic carbocycles. The standard InChI is InChI=1S/C25H27Cl2N/c1-16(2)19-6-10-21(11-7-19)28(22-12-8-20(9-13-22)17(3)4)24-15-18(5)14-23(26)25(24)27/h6-17H,1-5H3. The van der Waals surface area contributed by atoms with E-state index in [1.807, 2.05) is 13.0 Å². The molecule has 3 aromatic carbocycles. The van der Waals surface area contributed by atoms with Crippen LogP contribution in [0.2, 0.25) is 10.0 Å². The zero-order valence-electron chi connectivity index (χ0n) is 17.1. The van der Waals surface area contributed by atoms with Gasteiger partial charge in [0.05, 0.1) is 15.7 Å². The van der Waals surface area contributed by atoms with Crippen LogP contribution in [0.25, 0.3) is 0 Å². The minimum Gasteiger partial charge on any atom is -0.309 e. The smallest absolute Gasteiger partial charge is 0.0832 e. The molecule has 3 aromatic rings. The Morgan fingerprint density at radius 1 is 0.679 bits per heavy atom. The molecule has 0 saturated carbocycles. The summed E-state index contributed by atoms with van der Waals surface area (Å²) in [6, 6.07) is 21.3. The molecule has 0 aromatic heterocycles. The summed E-state index contributed by atoms with van der Waals surface area (Å²) in [5.74, 6) is 0.981. The summed E-state index contributed by atoms with van der Waals surface area (Å²) in [4.78, 5) is 2.18. The van der Waals surface area contributed by atoms with Crippen LogP contribution in [-0.2, 0) is 0 Å². The highest BCUT2D eigenvalue weighted by atomic mass is 35.5. The minimum atomic E-state index is 0.491. The van der Waals surface area contributed by atoms with Gasteiger partial charge in [-0.25, -0.2) is 0 Å². The molecule has 28 heavy (non-hydrogen) atoms. The maximum atomic E-state index is 6.65. The van der Waals surface area contributed by atoms with Gasteiger partial charge >= 0.3 is 0 Å². The number of halogens is 2. The van der Waals surface area contributed by atoms with E-state index < -0.39 is 0 Å². The van der Waals surface area contributed by atoms with Crippen LogP contribution in [0.3, 0.4) is 0 Å². The summed E-state index contributed by atoms with van der Waals surface area (Å²) < 4.78 is 0. The van der Waals surface area contributed by atoms with Crippen molar-refractivity contribution >= 4 is 40.3 Å². The van der Waals surface area contributed by atoms with Crippen LogP contribution in [-0.4, -0.2) is 0 Å². The highest BCUT2D eigenvalue weighted by molar-refractivity contribution is 6.44. The van der Waals surface area contributed by atoms with Gasteiger partial charge in [-0.05, 0) is 71.8 Å². The lowest BCUT2D eigenvalue weighted by atomic mass is 10.0. The monoisotopic (exact) mass is 411 g/mol. The molecular weight excluding hydrogens is 385 g/mol. The third-order valence-electron chi connectivity index (χ3n) is 5.03. The van der Waals surface area contributed by atoms with Gasteiger partial charge in [-0.15, -0.1) is 0 Å². The molecule has 0 aliphatic heterocycles. The zero-order valence-corrected chi connectivity index (χ0v) is 18.6. The lowest BCUT2D eigenvalue weighted by Crippen LogP contribution is -2.11. The Labute approximate surface area is 178 Å². The number of rotatable bonds is 5. The van der Waals surface area contributed by atoms with Crippen LogP contribution in [0, 0.1) is 6.92 Å². The normalized spacial score (nSPS) is 11.3. The van der Waals surface area contributed by atoms with Crippen LogP contribution in [0.4, 0.5) is 17.1 Å². The zero-order chi connectivity index (χ0) is 20.4. The number of hydrogen-bond acceptors (Lipinski definition) is 1. The van der Waals surface area contributed by atoms with Crippen molar-refractivity contribution in [1.82, 2.24) is 0 Å². The molecule has 3 rings (SSSR count). The molecule has 3 heteroatoms. The average molecular weight is 412 g/mol. The SMILES string of the molecule is Cc1cc(Cl)c(Cl)c(N(c2ccc(C(C)C)cc2)c2ccc(C(C)C)cc2)c1. The van der Waals surface area contributed by atoms with Crippen molar-refractivity contribution in [2.75, 3.05) is 4.90 Å². The van der Waals surface area contributed by atoms with Crippen molar-refractivity contribution in [1.29, 1.82) is 0 Å². The van der Waals surface area contributed by atoms with Crippen molar-refractivity contribution in [3.05, 3.63) is 87.4 Å².